The average Bonchev–Trinajstić information content (AvgIpc) is 2.61. The molecule has 1 N–H and O–H groups in total. The maximum Gasteiger partial charge on any atom is 0.417 e. The van der Waals surface area contributed by atoms with Crippen LogP contribution < -0.4 is 14.9 Å². The zero-order valence-electron chi connectivity index (χ0n) is 14.4. The first-order valence-electron chi connectivity index (χ1n) is 7.87. The van der Waals surface area contributed by atoms with Gasteiger partial charge in [-0.3, -0.25) is 5.43 Å². The Bertz CT molecular complexity index is 809. The van der Waals surface area contributed by atoms with E-state index in [1.54, 1.807) is 18.2 Å². The van der Waals surface area contributed by atoms with Gasteiger partial charge in [0.1, 0.15) is 12.4 Å². The number of aromatic nitrogens is 1. The molecule has 1 aromatic carbocycles. The highest BCUT2D eigenvalue weighted by molar-refractivity contribution is 9.10. The van der Waals surface area contributed by atoms with E-state index in [1.807, 2.05) is 6.92 Å². The number of anilines is 1. The minimum absolute atomic E-state index is 0.189. The number of nitrogens with one attached hydrogen (secondary N) is 1. The molecule has 2 rings (SSSR count). The highest BCUT2D eigenvalue weighted by atomic mass is 79.9. The number of hydrogen-bond acceptors (Lipinski definition) is 5. The summed E-state index contributed by atoms with van der Waals surface area (Å²) in [6.45, 7) is 6.24. The van der Waals surface area contributed by atoms with E-state index in [1.165, 1.54) is 12.3 Å². The Morgan fingerprint density at radius 2 is 2.07 bits per heavy atom. The van der Waals surface area contributed by atoms with E-state index >= 15 is 0 Å². The molecule has 0 aliphatic carbocycles. The summed E-state index contributed by atoms with van der Waals surface area (Å²) in [6, 6.07) is 5.64. The third-order valence-electron chi connectivity index (χ3n) is 3.16. The van der Waals surface area contributed by atoms with E-state index in [0.29, 0.717) is 34.7 Å². The molecule has 2 aromatic rings. The van der Waals surface area contributed by atoms with Crippen LogP contribution in [0, 0.1) is 0 Å². The second kappa shape index (κ2) is 9.40. The summed E-state index contributed by atoms with van der Waals surface area (Å²) >= 11 is 3.42. The molecule has 1 heterocycles. The highest BCUT2D eigenvalue weighted by Gasteiger charge is 2.30. The number of ether oxygens (including phenoxy) is 2. The Morgan fingerprint density at radius 3 is 2.67 bits per heavy atom. The third-order valence-corrected chi connectivity index (χ3v) is 3.75. The third kappa shape index (κ3) is 5.99. The van der Waals surface area contributed by atoms with Crippen LogP contribution in [-0.4, -0.2) is 24.4 Å². The van der Waals surface area contributed by atoms with Gasteiger partial charge in [-0.15, -0.1) is 0 Å². The number of pyridine rings is 1. The SMILES string of the molecule is C=CCOc1c(Br)cc(/C=N\Nc2ccc(C(F)(F)F)cn2)cc1OCC. The van der Waals surface area contributed by atoms with E-state index < -0.39 is 11.7 Å². The fourth-order valence-corrected chi connectivity index (χ4v) is 2.58. The molecule has 0 fully saturated rings. The number of rotatable bonds is 8. The quantitative estimate of drug-likeness (QED) is 0.342. The summed E-state index contributed by atoms with van der Waals surface area (Å²) in [4.78, 5) is 3.68. The lowest BCUT2D eigenvalue weighted by atomic mass is 10.2. The number of halogens is 4. The number of benzene rings is 1. The molecule has 0 radical (unpaired) electrons. The van der Waals surface area contributed by atoms with Gasteiger partial charge in [0.25, 0.3) is 0 Å². The maximum absolute atomic E-state index is 12.5. The van der Waals surface area contributed by atoms with Gasteiger partial charge in [0.2, 0.25) is 0 Å². The molecule has 0 amide bonds. The molecule has 9 heteroatoms. The van der Waals surface area contributed by atoms with Crippen molar-refractivity contribution in [3.8, 4) is 11.5 Å². The lowest BCUT2D eigenvalue weighted by Crippen LogP contribution is -2.05. The van der Waals surface area contributed by atoms with E-state index in [2.05, 4.69) is 38.0 Å². The topological polar surface area (TPSA) is 55.7 Å². The smallest absolute Gasteiger partial charge is 0.417 e. The first kappa shape index (κ1) is 20.8. The van der Waals surface area contributed by atoms with E-state index in [9.17, 15) is 13.2 Å². The number of alkyl halides is 3. The molecule has 0 atom stereocenters. The van der Waals surface area contributed by atoms with Gasteiger partial charge in [-0.05, 0) is 52.7 Å². The van der Waals surface area contributed by atoms with Gasteiger partial charge in [-0.2, -0.15) is 18.3 Å². The average molecular weight is 444 g/mol. The number of hydrogen-bond donors (Lipinski definition) is 1. The summed E-state index contributed by atoms with van der Waals surface area (Å²) in [5, 5.41) is 3.99. The molecule has 144 valence electrons. The predicted octanol–water partition coefficient (Wildman–Crippen LogP) is 5.27. The fraction of sp³-hybridized carbons (Fsp3) is 0.222. The second-order valence-corrected chi connectivity index (χ2v) is 6.02. The van der Waals surface area contributed by atoms with Crippen molar-refractivity contribution in [3.05, 3.63) is 58.7 Å². The van der Waals surface area contributed by atoms with Crippen LogP contribution in [0.3, 0.4) is 0 Å². The molecule has 0 aliphatic heterocycles. The zero-order valence-corrected chi connectivity index (χ0v) is 16.0. The Labute approximate surface area is 163 Å². The van der Waals surface area contributed by atoms with Crippen LogP contribution in [0.5, 0.6) is 11.5 Å². The fourth-order valence-electron chi connectivity index (χ4n) is 2.01. The Morgan fingerprint density at radius 1 is 1.30 bits per heavy atom. The molecule has 0 aliphatic rings. The van der Waals surface area contributed by atoms with Crippen LogP contribution in [0.1, 0.15) is 18.1 Å². The Hall–Kier alpha value is -2.55. The molecule has 0 spiro atoms. The van der Waals surface area contributed by atoms with Gasteiger partial charge in [0.05, 0.1) is 22.9 Å². The van der Waals surface area contributed by atoms with Crippen molar-refractivity contribution in [2.24, 2.45) is 5.10 Å². The van der Waals surface area contributed by atoms with E-state index in [-0.39, 0.29) is 5.82 Å². The van der Waals surface area contributed by atoms with Crippen molar-refractivity contribution in [1.82, 2.24) is 4.98 Å². The zero-order chi connectivity index (χ0) is 19.9. The standard InChI is InChI=1S/C18H17BrF3N3O2/c1-3-7-27-17-14(19)8-12(9-15(17)26-4-2)10-24-25-16-6-5-13(11-23-16)18(20,21)22/h3,5-6,8-11H,1,4,7H2,2H3,(H,23,25)/b24-10-. The first-order valence-corrected chi connectivity index (χ1v) is 8.66. The van der Waals surface area contributed by atoms with E-state index in [0.717, 1.165) is 12.3 Å². The Kier molecular flexibility index (Phi) is 7.23. The monoisotopic (exact) mass is 443 g/mol. The van der Waals surface area contributed by atoms with Crippen LogP contribution in [0.4, 0.5) is 19.0 Å². The summed E-state index contributed by atoms with van der Waals surface area (Å²) < 4.78 is 49.4. The van der Waals surface area contributed by atoms with Gasteiger partial charge in [0, 0.05) is 6.20 Å². The molecule has 1 aromatic heterocycles. The van der Waals surface area contributed by atoms with Gasteiger partial charge in [0.15, 0.2) is 11.5 Å². The van der Waals surface area contributed by atoms with Crippen LogP contribution in [0.2, 0.25) is 0 Å². The predicted molar refractivity (Wildman–Crippen MR) is 101 cm³/mol. The highest BCUT2D eigenvalue weighted by Crippen LogP contribution is 2.36. The van der Waals surface area contributed by atoms with Crippen LogP contribution >= 0.6 is 15.9 Å². The summed E-state index contributed by atoms with van der Waals surface area (Å²) in [7, 11) is 0. The van der Waals surface area contributed by atoms with Crippen LogP contribution in [0.15, 0.2) is 52.7 Å². The molecule has 0 bridgehead atoms. The molecule has 0 saturated heterocycles. The summed E-state index contributed by atoms with van der Waals surface area (Å²) in [6.07, 6.45) is -0.567. The first-order chi connectivity index (χ1) is 12.8. The van der Waals surface area contributed by atoms with Crippen LogP contribution in [-0.2, 0) is 6.18 Å². The minimum Gasteiger partial charge on any atom is -0.490 e. The van der Waals surface area contributed by atoms with Gasteiger partial charge in [-0.25, -0.2) is 4.98 Å². The lowest BCUT2D eigenvalue weighted by molar-refractivity contribution is -0.137. The van der Waals surface area contributed by atoms with Gasteiger partial charge < -0.3 is 9.47 Å². The van der Waals surface area contributed by atoms with Crippen molar-refractivity contribution in [1.29, 1.82) is 0 Å². The Balaban J connectivity index is 2.13. The minimum atomic E-state index is -4.42. The van der Waals surface area contributed by atoms with Gasteiger partial charge in [-0.1, -0.05) is 12.7 Å². The van der Waals surface area contributed by atoms with Crippen molar-refractivity contribution in [2.75, 3.05) is 18.6 Å². The molecule has 27 heavy (non-hydrogen) atoms. The van der Waals surface area contributed by atoms with E-state index in [4.69, 9.17) is 9.47 Å². The van der Waals surface area contributed by atoms with Crippen molar-refractivity contribution < 1.29 is 22.6 Å². The number of nitrogens with zero attached hydrogens (tertiary/aromatic N) is 2. The summed E-state index contributed by atoms with van der Waals surface area (Å²) in [5.41, 5.74) is 2.45. The molecule has 5 nitrogen and oxygen atoms in total. The normalized spacial score (nSPS) is 11.4. The number of hydrazone groups is 1. The van der Waals surface area contributed by atoms with Crippen LogP contribution in [0.25, 0.3) is 0 Å². The maximum atomic E-state index is 12.5. The largest absolute Gasteiger partial charge is 0.490 e. The summed E-state index contributed by atoms with van der Waals surface area (Å²) in [5.74, 6) is 1.27. The van der Waals surface area contributed by atoms with Crippen molar-refractivity contribution >= 4 is 28.0 Å². The van der Waals surface area contributed by atoms with Crippen molar-refractivity contribution in [2.45, 2.75) is 13.1 Å². The second-order valence-electron chi connectivity index (χ2n) is 5.16. The molecule has 0 saturated carbocycles. The van der Waals surface area contributed by atoms with Gasteiger partial charge >= 0.3 is 6.18 Å². The molecular formula is C18H17BrF3N3O2. The van der Waals surface area contributed by atoms with Crippen molar-refractivity contribution in [3.63, 3.8) is 0 Å². The molecule has 0 unspecified atom stereocenters. The molecular weight excluding hydrogens is 427 g/mol. The lowest BCUT2D eigenvalue weighted by Gasteiger charge is -2.13.